The minimum Gasteiger partial charge on any atom is -0.496 e. The summed E-state index contributed by atoms with van der Waals surface area (Å²) in [5.41, 5.74) is 1.80. The molecule has 0 aliphatic carbocycles. The summed E-state index contributed by atoms with van der Waals surface area (Å²) < 4.78 is 11.1. The fourth-order valence-electron chi connectivity index (χ4n) is 4.84. The van der Waals surface area contributed by atoms with Gasteiger partial charge in [-0.1, -0.05) is 29.8 Å². The first kappa shape index (κ1) is 24.6. The van der Waals surface area contributed by atoms with Gasteiger partial charge in [0.2, 0.25) is 0 Å². The van der Waals surface area contributed by atoms with E-state index in [1.165, 1.54) is 0 Å². The minimum atomic E-state index is -0.0190. The molecule has 32 heavy (non-hydrogen) atoms. The Morgan fingerprint density at radius 2 is 1.69 bits per heavy atom. The molecular formula is C25H34ClN3O2S. The van der Waals surface area contributed by atoms with Crippen LogP contribution in [0, 0.1) is 0 Å². The van der Waals surface area contributed by atoms with Gasteiger partial charge in [-0.3, -0.25) is 0 Å². The van der Waals surface area contributed by atoms with E-state index in [9.17, 15) is 0 Å². The molecule has 2 N–H and O–H groups in total. The molecule has 0 unspecified atom stereocenters. The van der Waals surface area contributed by atoms with Gasteiger partial charge in [0.25, 0.3) is 0 Å². The van der Waals surface area contributed by atoms with Crippen molar-refractivity contribution in [3.8, 4) is 11.5 Å². The third kappa shape index (κ3) is 6.06. The molecule has 2 aromatic rings. The van der Waals surface area contributed by atoms with E-state index in [4.69, 9.17) is 33.3 Å². The third-order valence-electron chi connectivity index (χ3n) is 5.81. The molecule has 1 saturated heterocycles. The van der Waals surface area contributed by atoms with Gasteiger partial charge < -0.3 is 25.0 Å². The van der Waals surface area contributed by atoms with Crippen LogP contribution in [0.25, 0.3) is 0 Å². The first-order chi connectivity index (χ1) is 15.0. The van der Waals surface area contributed by atoms with Gasteiger partial charge in [0.05, 0.1) is 19.9 Å². The van der Waals surface area contributed by atoms with Crippen molar-refractivity contribution in [1.82, 2.24) is 10.2 Å². The van der Waals surface area contributed by atoms with Crippen molar-refractivity contribution in [2.24, 2.45) is 0 Å². The number of hydrogen-bond donors (Lipinski definition) is 2. The quantitative estimate of drug-likeness (QED) is 0.510. The van der Waals surface area contributed by atoms with Crippen molar-refractivity contribution in [1.29, 1.82) is 0 Å². The van der Waals surface area contributed by atoms with Crippen LogP contribution in [0.2, 0.25) is 5.02 Å². The van der Waals surface area contributed by atoms with Crippen molar-refractivity contribution in [3.05, 3.63) is 53.1 Å². The van der Waals surface area contributed by atoms with E-state index in [0.717, 1.165) is 29.8 Å². The van der Waals surface area contributed by atoms with Gasteiger partial charge in [0, 0.05) is 34.3 Å². The number of nitrogens with zero attached hydrogens (tertiary/aromatic N) is 1. The summed E-state index contributed by atoms with van der Waals surface area (Å²) in [7, 11) is 3.34. The van der Waals surface area contributed by atoms with Crippen molar-refractivity contribution in [3.63, 3.8) is 0 Å². The Labute approximate surface area is 202 Å². The second kappa shape index (κ2) is 9.86. The lowest BCUT2D eigenvalue weighted by atomic mass is 9.79. The maximum atomic E-state index is 6.25. The van der Waals surface area contributed by atoms with E-state index < -0.39 is 0 Å². The van der Waals surface area contributed by atoms with Crippen molar-refractivity contribution >= 4 is 34.6 Å². The molecule has 1 aliphatic rings. The fraction of sp³-hybridized carbons (Fsp3) is 0.480. The Hall–Kier alpha value is -2.02. The summed E-state index contributed by atoms with van der Waals surface area (Å²) in [5.74, 6) is 1.55. The summed E-state index contributed by atoms with van der Waals surface area (Å²) >= 11 is 12.2. The predicted molar refractivity (Wildman–Crippen MR) is 137 cm³/mol. The van der Waals surface area contributed by atoms with Gasteiger partial charge in [0.15, 0.2) is 5.11 Å². The zero-order valence-corrected chi connectivity index (χ0v) is 21.4. The molecule has 0 atom stereocenters. The number of halogens is 1. The molecule has 1 fully saturated rings. The number of para-hydroxylation sites is 1. The molecule has 0 spiro atoms. The zero-order valence-electron chi connectivity index (χ0n) is 19.8. The van der Waals surface area contributed by atoms with Crippen LogP contribution in [0.4, 0.5) is 5.69 Å². The molecule has 1 aliphatic heterocycles. The number of benzene rings is 2. The summed E-state index contributed by atoms with van der Waals surface area (Å²) in [6.07, 6.45) is 1.92. The van der Waals surface area contributed by atoms with Gasteiger partial charge in [0.1, 0.15) is 11.5 Å². The monoisotopic (exact) mass is 475 g/mol. The lowest BCUT2D eigenvalue weighted by Gasteiger charge is -2.50. The average Bonchev–Trinajstić information content (AvgIpc) is 2.70. The van der Waals surface area contributed by atoms with E-state index >= 15 is 0 Å². The highest BCUT2D eigenvalue weighted by molar-refractivity contribution is 7.80. The largest absolute Gasteiger partial charge is 0.496 e. The minimum absolute atomic E-state index is 0.0190. The molecule has 3 rings (SSSR count). The highest BCUT2D eigenvalue weighted by atomic mass is 35.5. The van der Waals surface area contributed by atoms with Crippen molar-refractivity contribution < 1.29 is 9.47 Å². The molecule has 174 valence electrons. The van der Waals surface area contributed by atoms with E-state index in [1.807, 2.05) is 30.3 Å². The molecule has 0 radical (unpaired) electrons. The number of piperidine rings is 1. The van der Waals surface area contributed by atoms with E-state index in [1.54, 1.807) is 20.3 Å². The standard InChI is InChI=1S/C25H34ClN3O2S/c1-24(2)14-19(15-25(3,4)28-24)29(16-17-9-7-8-10-21(17)30-5)23(32)27-20-13-18(26)11-12-22(20)31-6/h7-13,19,28H,14-16H2,1-6H3,(H,27,32). The second-order valence-corrected chi connectivity index (χ2v) is 10.5. The molecule has 5 nitrogen and oxygen atoms in total. The van der Waals surface area contributed by atoms with Crippen LogP contribution in [-0.4, -0.2) is 41.4 Å². The Kier molecular flexibility index (Phi) is 7.58. The van der Waals surface area contributed by atoms with Gasteiger partial charge in [-0.15, -0.1) is 0 Å². The van der Waals surface area contributed by atoms with Crippen LogP contribution >= 0.6 is 23.8 Å². The Morgan fingerprint density at radius 1 is 1.06 bits per heavy atom. The van der Waals surface area contributed by atoms with Crippen LogP contribution in [0.15, 0.2) is 42.5 Å². The van der Waals surface area contributed by atoms with Crippen LogP contribution in [0.3, 0.4) is 0 Å². The predicted octanol–water partition coefficient (Wildman–Crippen LogP) is 5.87. The van der Waals surface area contributed by atoms with Gasteiger partial charge in [-0.2, -0.15) is 0 Å². The van der Waals surface area contributed by atoms with Crippen LogP contribution in [0.1, 0.15) is 46.1 Å². The Morgan fingerprint density at radius 3 is 2.31 bits per heavy atom. The van der Waals surface area contributed by atoms with Crippen LogP contribution in [-0.2, 0) is 6.54 Å². The van der Waals surface area contributed by atoms with Crippen LogP contribution in [0.5, 0.6) is 11.5 Å². The molecule has 0 saturated carbocycles. The number of ether oxygens (including phenoxy) is 2. The second-order valence-electron chi connectivity index (χ2n) is 9.67. The normalized spacial score (nSPS) is 17.5. The Balaban J connectivity index is 1.96. The molecular weight excluding hydrogens is 442 g/mol. The van der Waals surface area contributed by atoms with E-state index in [0.29, 0.717) is 22.4 Å². The highest BCUT2D eigenvalue weighted by Gasteiger charge is 2.40. The summed E-state index contributed by atoms with van der Waals surface area (Å²) in [5, 5.41) is 8.42. The van der Waals surface area contributed by atoms with E-state index in [-0.39, 0.29) is 17.1 Å². The number of thiocarbonyl (C=S) groups is 1. The van der Waals surface area contributed by atoms with Crippen molar-refractivity contribution in [2.45, 2.75) is 64.2 Å². The maximum absolute atomic E-state index is 6.25. The number of methoxy groups -OCH3 is 2. The average molecular weight is 476 g/mol. The zero-order chi connectivity index (χ0) is 23.5. The first-order valence-electron chi connectivity index (χ1n) is 10.9. The number of rotatable bonds is 6. The molecule has 0 bridgehead atoms. The number of hydrogen-bond acceptors (Lipinski definition) is 4. The molecule has 2 aromatic carbocycles. The lowest BCUT2D eigenvalue weighted by Crippen LogP contribution is -2.63. The molecule has 1 heterocycles. The third-order valence-corrected chi connectivity index (χ3v) is 6.38. The maximum Gasteiger partial charge on any atom is 0.174 e. The summed E-state index contributed by atoms with van der Waals surface area (Å²) in [6, 6.07) is 13.8. The van der Waals surface area contributed by atoms with Gasteiger partial charge >= 0.3 is 0 Å². The topological polar surface area (TPSA) is 45.8 Å². The fourth-order valence-corrected chi connectivity index (χ4v) is 5.33. The van der Waals surface area contributed by atoms with Gasteiger partial charge in [-0.25, -0.2) is 0 Å². The Bertz CT molecular complexity index is 948. The molecule has 7 heteroatoms. The number of anilines is 1. The summed E-state index contributed by atoms with van der Waals surface area (Å²) in [6.45, 7) is 9.63. The first-order valence-corrected chi connectivity index (χ1v) is 11.6. The number of nitrogens with one attached hydrogen (secondary N) is 2. The summed E-state index contributed by atoms with van der Waals surface area (Å²) in [4.78, 5) is 2.28. The van der Waals surface area contributed by atoms with Gasteiger partial charge in [-0.05, 0) is 77.0 Å². The van der Waals surface area contributed by atoms with Crippen molar-refractivity contribution in [2.75, 3.05) is 19.5 Å². The highest BCUT2D eigenvalue weighted by Crippen LogP contribution is 2.34. The molecule has 0 aromatic heterocycles. The SMILES string of the molecule is COc1ccccc1CN(C(=S)Nc1cc(Cl)ccc1OC)C1CC(C)(C)NC(C)(C)C1. The van der Waals surface area contributed by atoms with Crippen LogP contribution < -0.4 is 20.1 Å². The lowest BCUT2D eigenvalue weighted by molar-refractivity contribution is 0.101. The smallest absolute Gasteiger partial charge is 0.174 e. The molecule has 0 amide bonds. The van der Waals surface area contributed by atoms with E-state index in [2.05, 4.69) is 49.3 Å².